The molecule has 224 valence electrons. The third-order valence-corrected chi connectivity index (χ3v) is 8.50. The molecule has 6 heteroatoms. The van der Waals surface area contributed by atoms with Gasteiger partial charge in [0, 0.05) is 30.7 Å². The summed E-state index contributed by atoms with van der Waals surface area (Å²) < 4.78 is 12.5. The standard InChI is InChI=1S/C39H34N2O4/c42-24-9-25-44-34-22-20-32(21-23-34)37-40-39(36(45-37)31-18-16-30(17-19-31)29-12-5-2-6-13-29)26-33-14-7-8-15-35(33)41(38(39)43)27-28-10-3-1-4-11-28/h1-8,10-23,36,42H,9,24-27H2/t36-,39-/m1/s1. The molecule has 1 N–H and O–H groups in total. The first-order valence-corrected chi connectivity index (χ1v) is 15.3. The Morgan fingerprint density at radius 2 is 1.42 bits per heavy atom. The number of hydrogen-bond acceptors (Lipinski definition) is 5. The molecule has 5 aromatic carbocycles. The van der Waals surface area contributed by atoms with E-state index in [1.165, 1.54) is 0 Å². The third kappa shape index (κ3) is 5.61. The molecule has 0 bridgehead atoms. The molecule has 0 aromatic heterocycles. The molecule has 2 aliphatic rings. The minimum absolute atomic E-state index is 0.0803. The quantitative estimate of drug-likeness (QED) is 0.184. The summed E-state index contributed by atoms with van der Waals surface area (Å²) in [5, 5.41) is 9.09. The first-order chi connectivity index (χ1) is 22.1. The summed E-state index contributed by atoms with van der Waals surface area (Å²) in [5.74, 6) is 1.05. The van der Waals surface area contributed by atoms with E-state index in [-0.39, 0.29) is 12.5 Å². The van der Waals surface area contributed by atoms with Crippen LogP contribution >= 0.6 is 0 Å². The van der Waals surface area contributed by atoms with Gasteiger partial charge in [-0.1, -0.05) is 103 Å². The van der Waals surface area contributed by atoms with Crippen molar-refractivity contribution in [2.75, 3.05) is 18.1 Å². The van der Waals surface area contributed by atoms with E-state index >= 15 is 0 Å². The number of amides is 1. The highest BCUT2D eigenvalue weighted by molar-refractivity contribution is 6.08. The molecular formula is C39H34N2O4. The molecule has 0 saturated heterocycles. The summed E-state index contributed by atoms with van der Waals surface area (Å²) in [4.78, 5) is 21.9. The number of aliphatic hydroxyl groups is 1. The van der Waals surface area contributed by atoms with Crippen LogP contribution in [0.5, 0.6) is 5.75 Å². The summed E-state index contributed by atoms with van der Waals surface area (Å²) in [6.45, 7) is 0.947. The van der Waals surface area contributed by atoms with Gasteiger partial charge in [-0.15, -0.1) is 0 Å². The number of anilines is 1. The zero-order chi connectivity index (χ0) is 30.6. The summed E-state index contributed by atoms with van der Waals surface area (Å²) in [7, 11) is 0. The van der Waals surface area contributed by atoms with Crippen molar-refractivity contribution in [1.29, 1.82) is 0 Å². The molecular weight excluding hydrogens is 560 g/mol. The maximum Gasteiger partial charge on any atom is 0.259 e. The van der Waals surface area contributed by atoms with E-state index in [0.29, 0.717) is 37.6 Å². The Labute approximate surface area is 263 Å². The molecule has 2 aliphatic heterocycles. The maximum absolute atomic E-state index is 14.9. The number of aliphatic hydroxyl groups excluding tert-OH is 1. The van der Waals surface area contributed by atoms with Gasteiger partial charge in [-0.2, -0.15) is 0 Å². The minimum Gasteiger partial charge on any atom is -0.494 e. The highest BCUT2D eigenvalue weighted by Gasteiger charge is 2.57. The number of carbonyl (C=O) groups excluding carboxylic acids is 1. The topological polar surface area (TPSA) is 71.4 Å². The van der Waals surface area contributed by atoms with Crippen molar-refractivity contribution < 1.29 is 19.4 Å². The highest BCUT2D eigenvalue weighted by atomic mass is 16.5. The van der Waals surface area contributed by atoms with Gasteiger partial charge in [-0.25, -0.2) is 4.99 Å². The van der Waals surface area contributed by atoms with Crippen molar-refractivity contribution in [1.82, 2.24) is 0 Å². The van der Waals surface area contributed by atoms with Crippen molar-refractivity contribution in [2.45, 2.75) is 31.0 Å². The van der Waals surface area contributed by atoms with Crippen LogP contribution in [0.1, 0.15) is 34.8 Å². The van der Waals surface area contributed by atoms with Crippen LogP contribution in [0.15, 0.2) is 138 Å². The van der Waals surface area contributed by atoms with Gasteiger partial charge in [0.05, 0.1) is 13.2 Å². The fraction of sp³-hybridized carbons (Fsp3) is 0.179. The number of aliphatic imine (C=N–C) groups is 1. The normalized spacial score (nSPS) is 18.8. The van der Waals surface area contributed by atoms with E-state index in [0.717, 1.165) is 39.1 Å². The van der Waals surface area contributed by atoms with Crippen molar-refractivity contribution in [2.24, 2.45) is 4.99 Å². The number of rotatable bonds is 9. The molecule has 45 heavy (non-hydrogen) atoms. The number of hydrogen-bond donors (Lipinski definition) is 1. The number of benzene rings is 5. The van der Waals surface area contributed by atoms with Crippen LogP contribution in [0.25, 0.3) is 11.1 Å². The number of fused-ring (bicyclic) bond motifs is 1. The molecule has 2 atom stereocenters. The highest BCUT2D eigenvalue weighted by Crippen LogP contribution is 2.48. The SMILES string of the molecule is O=C1N(Cc2ccccc2)c2ccccc2C[C@]12N=C(c1ccc(OCCCO)cc1)O[C@@H]2c1ccc(-c2ccccc2)cc1. The minimum atomic E-state index is -1.19. The molecule has 0 aliphatic carbocycles. The fourth-order valence-corrected chi connectivity index (χ4v) is 6.23. The Hall–Kier alpha value is -5.20. The zero-order valence-corrected chi connectivity index (χ0v) is 24.9. The second-order valence-electron chi connectivity index (χ2n) is 11.5. The lowest BCUT2D eigenvalue weighted by Gasteiger charge is -2.41. The molecule has 0 fully saturated rings. The summed E-state index contributed by atoms with van der Waals surface area (Å²) in [6, 6.07) is 44.2. The lowest BCUT2D eigenvalue weighted by atomic mass is 9.78. The largest absolute Gasteiger partial charge is 0.494 e. The van der Waals surface area contributed by atoms with Gasteiger partial charge in [0.25, 0.3) is 5.91 Å². The van der Waals surface area contributed by atoms with Crippen LogP contribution in [-0.2, 0) is 22.5 Å². The lowest BCUT2D eigenvalue weighted by molar-refractivity contribution is -0.126. The lowest BCUT2D eigenvalue weighted by Crippen LogP contribution is -2.54. The first-order valence-electron chi connectivity index (χ1n) is 15.3. The molecule has 0 radical (unpaired) electrons. The maximum atomic E-state index is 14.9. The molecule has 7 rings (SSSR count). The van der Waals surface area contributed by atoms with Gasteiger partial charge in [-0.3, -0.25) is 4.79 Å². The zero-order valence-electron chi connectivity index (χ0n) is 24.9. The van der Waals surface area contributed by atoms with Crippen molar-refractivity contribution in [3.05, 3.63) is 156 Å². The van der Waals surface area contributed by atoms with Crippen molar-refractivity contribution in [3.63, 3.8) is 0 Å². The van der Waals surface area contributed by atoms with E-state index in [4.69, 9.17) is 19.6 Å². The van der Waals surface area contributed by atoms with Gasteiger partial charge in [0.1, 0.15) is 5.75 Å². The Morgan fingerprint density at radius 3 is 2.16 bits per heavy atom. The van der Waals surface area contributed by atoms with Crippen LogP contribution < -0.4 is 9.64 Å². The van der Waals surface area contributed by atoms with E-state index in [2.05, 4.69) is 42.5 Å². The molecule has 6 nitrogen and oxygen atoms in total. The second kappa shape index (κ2) is 12.4. The van der Waals surface area contributed by atoms with Crippen LogP contribution in [0.3, 0.4) is 0 Å². The molecule has 0 saturated carbocycles. The predicted molar refractivity (Wildman–Crippen MR) is 176 cm³/mol. The van der Waals surface area contributed by atoms with Gasteiger partial charge >= 0.3 is 0 Å². The summed E-state index contributed by atoms with van der Waals surface area (Å²) in [6.07, 6.45) is 0.356. The van der Waals surface area contributed by atoms with Crippen LogP contribution in [-0.4, -0.2) is 35.7 Å². The van der Waals surface area contributed by atoms with Gasteiger partial charge in [-0.05, 0) is 58.1 Å². The van der Waals surface area contributed by atoms with Crippen molar-refractivity contribution >= 4 is 17.5 Å². The smallest absolute Gasteiger partial charge is 0.259 e. The number of carbonyl (C=O) groups is 1. The first kappa shape index (κ1) is 28.6. The number of ether oxygens (including phenoxy) is 2. The average molecular weight is 595 g/mol. The molecule has 0 unspecified atom stereocenters. The molecule has 1 spiro atoms. The number of nitrogens with zero attached hydrogens (tertiary/aromatic N) is 2. The summed E-state index contributed by atoms with van der Waals surface area (Å²) >= 11 is 0. The van der Waals surface area contributed by atoms with E-state index in [1.54, 1.807) is 0 Å². The van der Waals surface area contributed by atoms with E-state index < -0.39 is 11.6 Å². The fourth-order valence-electron chi connectivity index (χ4n) is 6.23. The second-order valence-corrected chi connectivity index (χ2v) is 11.5. The Bertz CT molecular complexity index is 1800. The Balaban J connectivity index is 1.30. The van der Waals surface area contributed by atoms with Crippen LogP contribution in [0, 0.1) is 0 Å². The average Bonchev–Trinajstić information content (AvgIpc) is 3.48. The Morgan fingerprint density at radius 1 is 0.778 bits per heavy atom. The van der Waals surface area contributed by atoms with E-state index in [9.17, 15) is 4.79 Å². The van der Waals surface area contributed by atoms with Gasteiger partial charge < -0.3 is 19.5 Å². The monoisotopic (exact) mass is 594 g/mol. The van der Waals surface area contributed by atoms with Crippen LogP contribution in [0.4, 0.5) is 5.69 Å². The van der Waals surface area contributed by atoms with Gasteiger partial charge in [0.2, 0.25) is 5.90 Å². The number of para-hydroxylation sites is 1. The van der Waals surface area contributed by atoms with Crippen LogP contribution in [0.2, 0.25) is 0 Å². The van der Waals surface area contributed by atoms with Gasteiger partial charge in [0.15, 0.2) is 11.6 Å². The molecule has 5 aromatic rings. The third-order valence-electron chi connectivity index (χ3n) is 8.50. The van der Waals surface area contributed by atoms with Crippen molar-refractivity contribution in [3.8, 4) is 16.9 Å². The Kier molecular flexibility index (Phi) is 7.89. The molecule has 1 amide bonds. The molecule has 2 heterocycles. The summed E-state index contributed by atoms with van der Waals surface area (Å²) in [5.41, 5.74) is 5.70. The predicted octanol–water partition coefficient (Wildman–Crippen LogP) is 7.16. The van der Waals surface area contributed by atoms with E-state index in [1.807, 2.05) is 95.9 Å².